The second-order valence-corrected chi connectivity index (χ2v) is 10.7. The number of Topliss-reactive ketones (excluding diaryl/α,β-unsaturated/α-hetero) is 1. The lowest BCUT2D eigenvalue weighted by Crippen LogP contribution is -2.38. The fourth-order valence-corrected chi connectivity index (χ4v) is 6.38. The highest BCUT2D eigenvalue weighted by molar-refractivity contribution is 5.81. The predicted octanol–water partition coefficient (Wildman–Crippen LogP) is 6.80. The maximum Gasteiger partial charge on any atom is 0.136 e. The standard InChI is InChI=1S/C27H42O2/c1-18(2)8-15-26(29)20(4)24-13-14-25-21(7-6-16-27(24,25)5)10-11-22-17-23(28)12-9-19(22)3/h10-11,18,20,23-25,28H,3,6-9,12-17H2,1-2,4-5H3/t20-,23-,24+,25?,27+/m0/s1. The summed E-state index contributed by atoms with van der Waals surface area (Å²) in [5, 5.41) is 10.0. The van der Waals surface area contributed by atoms with Crippen molar-refractivity contribution in [2.75, 3.05) is 0 Å². The van der Waals surface area contributed by atoms with Crippen LogP contribution in [0.3, 0.4) is 0 Å². The first kappa shape index (κ1) is 22.5. The Morgan fingerprint density at radius 1 is 1.21 bits per heavy atom. The van der Waals surface area contributed by atoms with E-state index in [1.165, 1.54) is 43.3 Å². The Balaban J connectivity index is 1.74. The summed E-state index contributed by atoms with van der Waals surface area (Å²) in [5.74, 6) is 2.41. The number of allylic oxidation sites excluding steroid dienone is 4. The fourth-order valence-electron chi connectivity index (χ4n) is 6.38. The number of hydrogen-bond acceptors (Lipinski definition) is 2. The van der Waals surface area contributed by atoms with E-state index in [1.807, 2.05) is 0 Å². The molecule has 3 saturated carbocycles. The molecule has 0 aromatic carbocycles. The van der Waals surface area contributed by atoms with Gasteiger partial charge in [0.25, 0.3) is 0 Å². The zero-order valence-corrected chi connectivity index (χ0v) is 19.2. The van der Waals surface area contributed by atoms with Gasteiger partial charge in [-0.25, -0.2) is 0 Å². The van der Waals surface area contributed by atoms with Gasteiger partial charge in [0.1, 0.15) is 5.78 Å². The minimum atomic E-state index is -0.213. The summed E-state index contributed by atoms with van der Waals surface area (Å²) in [5.41, 5.74) is 4.26. The van der Waals surface area contributed by atoms with E-state index in [9.17, 15) is 9.90 Å². The van der Waals surface area contributed by atoms with E-state index in [0.717, 1.165) is 32.1 Å². The number of hydrogen-bond donors (Lipinski definition) is 1. The number of aliphatic hydroxyl groups is 1. The first-order chi connectivity index (χ1) is 13.7. The van der Waals surface area contributed by atoms with E-state index in [0.29, 0.717) is 23.5 Å². The molecule has 29 heavy (non-hydrogen) atoms. The normalized spacial score (nSPS) is 36.6. The van der Waals surface area contributed by atoms with Gasteiger partial charge in [-0.15, -0.1) is 0 Å². The van der Waals surface area contributed by atoms with Crippen LogP contribution in [0.25, 0.3) is 0 Å². The number of aliphatic hydroxyl groups excluding tert-OH is 1. The first-order valence-electron chi connectivity index (χ1n) is 12.0. The van der Waals surface area contributed by atoms with Crippen LogP contribution >= 0.6 is 0 Å². The number of fused-ring (bicyclic) bond motifs is 1. The van der Waals surface area contributed by atoms with Crippen molar-refractivity contribution < 1.29 is 9.90 Å². The molecule has 0 heterocycles. The lowest BCUT2D eigenvalue weighted by atomic mass is 9.60. The molecule has 0 saturated heterocycles. The van der Waals surface area contributed by atoms with Gasteiger partial charge in [-0.1, -0.05) is 57.6 Å². The number of ketones is 1. The van der Waals surface area contributed by atoms with Crippen LogP contribution in [0.5, 0.6) is 0 Å². The molecule has 3 aliphatic rings. The van der Waals surface area contributed by atoms with Crippen molar-refractivity contribution in [3.05, 3.63) is 35.5 Å². The molecule has 3 rings (SSSR count). The summed E-state index contributed by atoms with van der Waals surface area (Å²) in [7, 11) is 0. The molecule has 0 amide bonds. The minimum absolute atomic E-state index is 0.190. The smallest absolute Gasteiger partial charge is 0.136 e. The molecule has 0 aromatic heterocycles. The van der Waals surface area contributed by atoms with Gasteiger partial charge in [0.05, 0.1) is 6.10 Å². The molecule has 0 aliphatic heterocycles. The Bertz CT molecular complexity index is 683. The molecule has 3 fully saturated rings. The molecule has 1 unspecified atom stereocenters. The highest BCUT2D eigenvalue weighted by Crippen LogP contribution is 2.59. The third kappa shape index (κ3) is 4.95. The van der Waals surface area contributed by atoms with Crippen LogP contribution in [-0.2, 0) is 4.79 Å². The SMILES string of the molecule is C=C1CC[C@H](O)CC1=CC=C1CCC[C@@]2(C)C1CC[C@@H]2[C@H](C)C(=O)CCC(C)C. The summed E-state index contributed by atoms with van der Waals surface area (Å²) >= 11 is 0. The number of rotatable bonds is 6. The molecule has 2 heteroatoms. The van der Waals surface area contributed by atoms with Gasteiger partial charge >= 0.3 is 0 Å². The van der Waals surface area contributed by atoms with Crippen molar-refractivity contribution in [1.29, 1.82) is 0 Å². The van der Waals surface area contributed by atoms with E-state index in [-0.39, 0.29) is 17.4 Å². The Morgan fingerprint density at radius 2 is 1.97 bits per heavy atom. The van der Waals surface area contributed by atoms with E-state index in [2.05, 4.69) is 46.4 Å². The average molecular weight is 399 g/mol. The Labute approximate surface area is 178 Å². The van der Waals surface area contributed by atoms with Crippen LogP contribution in [0.2, 0.25) is 0 Å². The lowest BCUT2D eigenvalue weighted by molar-refractivity contribution is -0.126. The van der Waals surface area contributed by atoms with Crippen molar-refractivity contribution in [3.8, 4) is 0 Å². The molecule has 162 valence electrons. The van der Waals surface area contributed by atoms with Crippen LogP contribution < -0.4 is 0 Å². The number of carbonyl (C=O) groups is 1. The van der Waals surface area contributed by atoms with Gasteiger partial charge in [0.2, 0.25) is 0 Å². The van der Waals surface area contributed by atoms with Crippen molar-refractivity contribution in [1.82, 2.24) is 0 Å². The van der Waals surface area contributed by atoms with Crippen LogP contribution in [-0.4, -0.2) is 17.0 Å². The van der Waals surface area contributed by atoms with E-state index >= 15 is 0 Å². The highest BCUT2D eigenvalue weighted by atomic mass is 16.3. The number of carbonyl (C=O) groups excluding carboxylic acids is 1. The maximum absolute atomic E-state index is 12.9. The van der Waals surface area contributed by atoms with Gasteiger partial charge in [-0.05, 0) is 86.5 Å². The van der Waals surface area contributed by atoms with E-state index in [1.54, 1.807) is 5.57 Å². The van der Waals surface area contributed by atoms with Crippen molar-refractivity contribution >= 4 is 5.78 Å². The summed E-state index contributed by atoms with van der Waals surface area (Å²) < 4.78 is 0. The quantitative estimate of drug-likeness (QED) is 0.534. The van der Waals surface area contributed by atoms with Crippen molar-refractivity contribution in [3.63, 3.8) is 0 Å². The Hall–Kier alpha value is -1.15. The van der Waals surface area contributed by atoms with E-state index in [4.69, 9.17) is 0 Å². The zero-order chi connectivity index (χ0) is 21.2. The summed E-state index contributed by atoms with van der Waals surface area (Å²) in [6.45, 7) is 13.3. The zero-order valence-electron chi connectivity index (χ0n) is 19.2. The molecule has 0 bridgehead atoms. The Morgan fingerprint density at radius 3 is 2.69 bits per heavy atom. The monoisotopic (exact) mass is 398 g/mol. The Kier molecular flexibility index (Phi) is 7.25. The second kappa shape index (κ2) is 9.33. The summed E-state index contributed by atoms with van der Waals surface area (Å²) in [6, 6.07) is 0. The first-order valence-corrected chi connectivity index (χ1v) is 12.0. The topological polar surface area (TPSA) is 37.3 Å². The second-order valence-electron chi connectivity index (χ2n) is 10.7. The molecule has 5 atom stereocenters. The molecule has 1 N–H and O–H groups in total. The van der Waals surface area contributed by atoms with Crippen molar-refractivity contribution in [2.45, 2.75) is 98.0 Å². The third-order valence-electron chi connectivity index (χ3n) is 8.31. The van der Waals surface area contributed by atoms with Crippen LogP contribution in [0.4, 0.5) is 0 Å². The average Bonchev–Trinajstić information content (AvgIpc) is 3.03. The molecule has 0 radical (unpaired) electrons. The van der Waals surface area contributed by atoms with Gasteiger partial charge in [0.15, 0.2) is 0 Å². The molecule has 0 aromatic rings. The predicted molar refractivity (Wildman–Crippen MR) is 122 cm³/mol. The molecular formula is C27H42O2. The lowest BCUT2D eigenvalue weighted by Gasteiger charge is -2.44. The van der Waals surface area contributed by atoms with Gasteiger partial charge in [-0.2, -0.15) is 0 Å². The molecule has 0 spiro atoms. The largest absolute Gasteiger partial charge is 0.393 e. The summed E-state index contributed by atoms with van der Waals surface area (Å²) in [6.07, 6.45) is 14.7. The van der Waals surface area contributed by atoms with Gasteiger partial charge in [0, 0.05) is 12.3 Å². The minimum Gasteiger partial charge on any atom is -0.393 e. The summed E-state index contributed by atoms with van der Waals surface area (Å²) in [4.78, 5) is 12.9. The van der Waals surface area contributed by atoms with Gasteiger partial charge in [-0.3, -0.25) is 4.79 Å². The third-order valence-corrected chi connectivity index (χ3v) is 8.31. The van der Waals surface area contributed by atoms with Crippen LogP contribution in [0.1, 0.15) is 91.9 Å². The molecule has 2 nitrogen and oxygen atoms in total. The van der Waals surface area contributed by atoms with E-state index < -0.39 is 0 Å². The van der Waals surface area contributed by atoms with Gasteiger partial charge < -0.3 is 5.11 Å². The van der Waals surface area contributed by atoms with Crippen LogP contribution in [0, 0.1) is 29.1 Å². The molecule has 3 aliphatic carbocycles. The van der Waals surface area contributed by atoms with Crippen LogP contribution in [0.15, 0.2) is 35.5 Å². The highest BCUT2D eigenvalue weighted by Gasteiger charge is 2.51. The maximum atomic E-state index is 12.9. The fraction of sp³-hybridized carbons (Fsp3) is 0.741. The van der Waals surface area contributed by atoms with Crippen molar-refractivity contribution in [2.24, 2.45) is 29.1 Å². The molecular weight excluding hydrogens is 356 g/mol.